The van der Waals surface area contributed by atoms with E-state index in [0.717, 1.165) is 48.5 Å². The van der Waals surface area contributed by atoms with Crippen molar-refractivity contribution in [3.63, 3.8) is 0 Å². The number of hydrogen-bond donors (Lipinski definition) is 2. The fraction of sp³-hybridized carbons (Fsp3) is 0.250. The van der Waals surface area contributed by atoms with E-state index in [-0.39, 0.29) is 17.9 Å². The summed E-state index contributed by atoms with van der Waals surface area (Å²) in [5.41, 5.74) is 7.94. The predicted molar refractivity (Wildman–Crippen MR) is 125 cm³/mol. The van der Waals surface area contributed by atoms with Crippen LogP contribution in [0, 0.1) is 6.92 Å². The van der Waals surface area contributed by atoms with Gasteiger partial charge >= 0.3 is 0 Å². The molecule has 2 aromatic heterocycles. The first-order valence-corrected chi connectivity index (χ1v) is 10.0. The molecule has 30 heavy (non-hydrogen) atoms. The van der Waals surface area contributed by atoms with E-state index in [2.05, 4.69) is 71.0 Å². The van der Waals surface area contributed by atoms with E-state index >= 15 is 0 Å². The fourth-order valence-corrected chi connectivity index (χ4v) is 4.30. The van der Waals surface area contributed by atoms with Crippen molar-refractivity contribution in [3.05, 3.63) is 72.2 Å². The van der Waals surface area contributed by atoms with Gasteiger partial charge in [0.2, 0.25) is 0 Å². The van der Waals surface area contributed by atoms with Crippen LogP contribution in [0.5, 0.6) is 0 Å². The van der Waals surface area contributed by atoms with E-state index in [9.17, 15) is 0 Å². The molecule has 0 unspecified atom stereocenters. The van der Waals surface area contributed by atoms with Crippen molar-refractivity contribution in [1.82, 2.24) is 20.3 Å². The quantitative estimate of drug-likeness (QED) is 0.503. The molecular weight excluding hydrogens is 396 g/mol. The zero-order valence-corrected chi connectivity index (χ0v) is 17.8. The van der Waals surface area contributed by atoms with Crippen molar-refractivity contribution in [2.45, 2.75) is 25.7 Å². The standard InChI is InChI=1S/C24H24N4.ClH.H2O/c1-16-26-22(19-12-14-25-15-13-19)24-23(27-16)20(17-8-4-2-5-9-17)21(28-24)18-10-6-3-7-11-18;;/h2-11,19,25,28H,12-15H2,1H3;1H;1H2. The molecule has 0 radical (unpaired) electrons. The van der Waals surface area contributed by atoms with E-state index < -0.39 is 0 Å². The smallest absolute Gasteiger partial charge is 0.126 e. The van der Waals surface area contributed by atoms with E-state index in [4.69, 9.17) is 9.97 Å². The predicted octanol–water partition coefficient (Wildman–Crippen LogP) is 4.66. The summed E-state index contributed by atoms with van der Waals surface area (Å²) >= 11 is 0. The highest BCUT2D eigenvalue weighted by atomic mass is 35.5. The second-order valence-corrected chi connectivity index (χ2v) is 7.51. The molecule has 0 amide bonds. The molecule has 5 rings (SSSR count). The third kappa shape index (κ3) is 3.97. The lowest BCUT2D eigenvalue weighted by Gasteiger charge is -2.22. The molecule has 6 heteroatoms. The number of aromatic nitrogens is 3. The lowest BCUT2D eigenvalue weighted by Crippen LogP contribution is -2.27. The lowest BCUT2D eigenvalue weighted by molar-refractivity contribution is 0.454. The maximum Gasteiger partial charge on any atom is 0.126 e. The van der Waals surface area contributed by atoms with Gasteiger partial charge < -0.3 is 15.8 Å². The van der Waals surface area contributed by atoms with Crippen LogP contribution in [0.25, 0.3) is 33.4 Å². The summed E-state index contributed by atoms with van der Waals surface area (Å²) in [6.45, 7) is 4.11. The van der Waals surface area contributed by atoms with Gasteiger partial charge in [-0.05, 0) is 44.0 Å². The molecule has 0 atom stereocenters. The van der Waals surface area contributed by atoms with E-state index in [0.29, 0.717) is 5.92 Å². The number of rotatable bonds is 3. The Morgan fingerprint density at radius 3 is 2.07 bits per heavy atom. The van der Waals surface area contributed by atoms with Crippen LogP contribution in [0.3, 0.4) is 0 Å². The Hall–Kier alpha value is -2.73. The number of piperidine rings is 1. The largest absolute Gasteiger partial charge is 0.412 e. The zero-order valence-electron chi connectivity index (χ0n) is 17.0. The van der Waals surface area contributed by atoms with Gasteiger partial charge in [-0.25, -0.2) is 9.97 Å². The van der Waals surface area contributed by atoms with Gasteiger partial charge in [0, 0.05) is 11.5 Å². The normalized spacial score (nSPS) is 14.2. The van der Waals surface area contributed by atoms with Crippen molar-refractivity contribution in [3.8, 4) is 22.4 Å². The topological polar surface area (TPSA) is 85.1 Å². The van der Waals surface area contributed by atoms with Crippen LogP contribution >= 0.6 is 12.4 Å². The molecule has 0 saturated carbocycles. The first-order valence-electron chi connectivity index (χ1n) is 10.0. The minimum atomic E-state index is 0. The molecule has 4 N–H and O–H groups in total. The molecule has 0 spiro atoms. The van der Waals surface area contributed by atoms with Gasteiger partial charge in [0.05, 0.1) is 16.9 Å². The molecule has 1 fully saturated rings. The number of H-pyrrole nitrogens is 1. The Balaban J connectivity index is 0.00000128. The van der Waals surface area contributed by atoms with E-state index in [1.54, 1.807) is 0 Å². The highest BCUT2D eigenvalue weighted by molar-refractivity contribution is 6.02. The van der Waals surface area contributed by atoms with Crippen LogP contribution in [-0.4, -0.2) is 33.5 Å². The zero-order chi connectivity index (χ0) is 18.9. The molecule has 4 aromatic rings. The fourth-order valence-electron chi connectivity index (χ4n) is 4.30. The van der Waals surface area contributed by atoms with Crippen LogP contribution < -0.4 is 5.32 Å². The van der Waals surface area contributed by atoms with Gasteiger partial charge in [-0.3, -0.25) is 0 Å². The molecule has 156 valence electrons. The van der Waals surface area contributed by atoms with Crippen molar-refractivity contribution >= 4 is 23.4 Å². The third-order valence-electron chi connectivity index (χ3n) is 5.64. The molecular formula is C24H27ClN4O. The highest BCUT2D eigenvalue weighted by Crippen LogP contribution is 2.40. The number of aromatic amines is 1. The Bertz CT molecular complexity index is 1110. The van der Waals surface area contributed by atoms with Crippen LogP contribution in [0.2, 0.25) is 0 Å². The number of halogens is 1. The SMILES string of the molecule is Cc1nc(C2CCNCC2)c2[nH]c(-c3ccccc3)c(-c3ccccc3)c2n1.Cl.O. The summed E-state index contributed by atoms with van der Waals surface area (Å²) in [6, 6.07) is 21.1. The first kappa shape index (κ1) is 22.0. The third-order valence-corrected chi connectivity index (χ3v) is 5.64. The van der Waals surface area contributed by atoms with Crippen LogP contribution in [0.1, 0.15) is 30.3 Å². The average Bonchev–Trinajstić information content (AvgIpc) is 3.14. The average molecular weight is 423 g/mol. The highest BCUT2D eigenvalue weighted by Gasteiger charge is 2.24. The Labute approximate surface area is 182 Å². The van der Waals surface area contributed by atoms with Gasteiger partial charge in [-0.1, -0.05) is 60.7 Å². The molecule has 0 aliphatic carbocycles. The molecule has 1 aliphatic rings. The first-order chi connectivity index (χ1) is 13.8. The van der Waals surface area contributed by atoms with Crippen molar-refractivity contribution in [2.24, 2.45) is 0 Å². The number of hydrogen-bond acceptors (Lipinski definition) is 3. The van der Waals surface area contributed by atoms with E-state index in [1.807, 2.05) is 6.92 Å². The number of benzene rings is 2. The summed E-state index contributed by atoms with van der Waals surface area (Å²) < 4.78 is 0. The Morgan fingerprint density at radius 2 is 1.43 bits per heavy atom. The minimum Gasteiger partial charge on any atom is -0.412 e. The molecule has 5 nitrogen and oxygen atoms in total. The number of nitrogens with one attached hydrogen (secondary N) is 2. The van der Waals surface area contributed by atoms with Crippen LogP contribution in [-0.2, 0) is 0 Å². The van der Waals surface area contributed by atoms with Crippen LogP contribution in [0.15, 0.2) is 60.7 Å². The number of nitrogens with zero attached hydrogens (tertiary/aromatic N) is 2. The Morgan fingerprint density at radius 1 is 0.833 bits per heavy atom. The van der Waals surface area contributed by atoms with Gasteiger partial charge in [0.25, 0.3) is 0 Å². The van der Waals surface area contributed by atoms with Crippen LogP contribution in [0.4, 0.5) is 0 Å². The monoisotopic (exact) mass is 422 g/mol. The van der Waals surface area contributed by atoms with Crippen molar-refractivity contribution in [2.75, 3.05) is 13.1 Å². The van der Waals surface area contributed by atoms with Crippen molar-refractivity contribution < 1.29 is 5.48 Å². The molecule has 2 aromatic carbocycles. The summed E-state index contributed by atoms with van der Waals surface area (Å²) in [5, 5.41) is 3.46. The maximum absolute atomic E-state index is 4.90. The lowest BCUT2D eigenvalue weighted by atomic mass is 9.93. The maximum atomic E-state index is 4.90. The van der Waals surface area contributed by atoms with Gasteiger partial charge in [-0.15, -0.1) is 12.4 Å². The summed E-state index contributed by atoms with van der Waals surface area (Å²) in [5.74, 6) is 1.31. The number of aryl methyl sites for hydroxylation is 1. The Kier molecular flexibility index (Phi) is 6.87. The summed E-state index contributed by atoms with van der Waals surface area (Å²) in [4.78, 5) is 13.5. The molecule has 1 saturated heterocycles. The molecule has 1 aliphatic heterocycles. The molecule has 3 heterocycles. The van der Waals surface area contributed by atoms with Gasteiger partial charge in [0.15, 0.2) is 0 Å². The summed E-state index contributed by atoms with van der Waals surface area (Å²) in [7, 11) is 0. The molecule has 0 bridgehead atoms. The number of fused-ring (bicyclic) bond motifs is 1. The van der Waals surface area contributed by atoms with Gasteiger partial charge in [0.1, 0.15) is 11.3 Å². The summed E-state index contributed by atoms with van der Waals surface area (Å²) in [6.07, 6.45) is 2.23. The minimum absolute atomic E-state index is 0. The van der Waals surface area contributed by atoms with Crippen molar-refractivity contribution in [1.29, 1.82) is 0 Å². The van der Waals surface area contributed by atoms with Gasteiger partial charge in [-0.2, -0.15) is 0 Å². The second-order valence-electron chi connectivity index (χ2n) is 7.51. The second kappa shape index (κ2) is 9.39. The van der Waals surface area contributed by atoms with E-state index in [1.165, 1.54) is 22.4 Å².